The minimum absolute atomic E-state index is 0.129. The van der Waals surface area contributed by atoms with Crippen molar-refractivity contribution in [1.82, 2.24) is 10.6 Å². The van der Waals surface area contributed by atoms with Gasteiger partial charge >= 0.3 is 0 Å². The van der Waals surface area contributed by atoms with Gasteiger partial charge in [0.05, 0.1) is 6.04 Å². The first kappa shape index (κ1) is 15.3. The van der Waals surface area contributed by atoms with Crippen LogP contribution in [0.15, 0.2) is 24.3 Å². The van der Waals surface area contributed by atoms with Crippen LogP contribution in [0.1, 0.15) is 37.8 Å². The number of benzene rings is 1. The molecule has 3 nitrogen and oxygen atoms in total. The van der Waals surface area contributed by atoms with Crippen LogP contribution in [0.3, 0.4) is 0 Å². The van der Waals surface area contributed by atoms with Crippen molar-refractivity contribution < 1.29 is 4.79 Å². The molecule has 1 aromatic carbocycles. The molecular formula is C16H23ClN2O. The van der Waals surface area contributed by atoms with E-state index in [0.717, 1.165) is 23.6 Å². The number of hydrogen-bond acceptors (Lipinski definition) is 2. The summed E-state index contributed by atoms with van der Waals surface area (Å²) in [5.74, 6) is 1.39. The molecule has 3 atom stereocenters. The standard InChI is InChI=1S/C16H23ClN2O/c1-11-10-14(11)16(12-5-7-13(17)8-6-12)19-15(20)4-3-9-18-2/h5-8,11,14,16,18H,3-4,9-10H2,1-2H3,(H,19,20). The molecular weight excluding hydrogens is 272 g/mol. The van der Waals surface area contributed by atoms with Gasteiger partial charge in [-0.25, -0.2) is 0 Å². The van der Waals surface area contributed by atoms with Gasteiger partial charge in [0.1, 0.15) is 0 Å². The Labute approximate surface area is 126 Å². The highest BCUT2D eigenvalue weighted by atomic mass is 35.5. The molecule has 2 rings (SSSR count). The Hall–Kier alpha value is -1.06. The van der Waals surface area contributed by atoms with Gasteiger partial charge < -0.3 is 10.6 Å². The molecule has 0 radical (unpaired) electrons. The van der Waals surface area contributed by atoms with Crippen molar-refractivity contribution in [2.75, 3.05) is 13.6 Å². The third-order valence-corrected chi connectivity index (χ3v) is 4.23. The molecule has 1 fully saturated rings. The number of halogens is 1. The monoisotopic (exact) mass is 294 g/mol. The van der Waals surface area contributed by atoms with Crippen LogP contribution in [0.25, 0.3) is 0 Å². The zero-order valence-electron chi connectivity index (χ0n) is 12.2. The summed E-state index contributed by atoms with van der Waals surface area (Å²) in [6.07, 6.45) is 2.63. The lowest BCUT2D eigenvalue weighted by molar-refractivity contribution is -0.122. The van der Waals surface area contributed by atoms with Gasteiger partial charge in [-0.1, -0.05) is 30.7 Å². The lowest BCUT2D eigenvalue weighted by Crippen LogP contribution is -2.30. The largest absolute Gasteiger partial charge is 0.349 e. The molecule has 1 saturated carbocycles. The summed E-state index contributed by atoms with van der Waals surface area (Å²) in [6.45, 7) is 3.11. The van der Waals surface area contributed by atoms with E-state index in [-0.39, 0.29) is 11.9 Å². The predicted octanol–water partition coefficient (Wildman–Crippen LogP) is 3.15. The molecule has 0 aromatic heterocycles. The number of hydrogen-bond donors (Lipinski definition) is 2. The zero-order valence-corrected chi connectivity index (χ0v) is 12.9. The van der Waals surface area contributed by atoms with Crippen molar-refractivity contribution >= 4 is 17.5 Å². The van der Waals surface area contributed by atoms with Gasteiger partial charge in [0.2, 0.25) is 5.91 Å². The van der Waals surface area contributed by atoms with E-state index < -0.39 is 0 Å². The van der Waals surface area contributed by atoms with E-state index in [2.05, 4.69) is 17.6 Å². The van der Waals surface area contributed by atoms with Crippen molar-refractivity contribution in [3.63, 3.8) is 0 Å². The van der Waals surface area contributed by atoms with E-state index >= 15 is 0 Å². The maximum Gasteiger partial charge on any atom is 0.220 e. The quantitative estimate of drug-likeness (QED) is 0.759. The van der Waals surface area contributed by atoms with Crippen molar-refractivity contribution in [2.24, 2.45) is 11.8 Å². The van der Waals surface area contributed by atoms with Crippen LogP contribution in [0, 0.1) is 11.8 Å². The molecule has 1 aromatic rings. The predicted molar refractivity (Wildman–Crippen MR) is 82.8 cm³/mol. The second-order valence-corrected chi connectivity index (χ2v) is 6.12. The van der Waals surface area contributed by atoms with Gasteiger partial charge in [0, 0.05) is 11.4 Å². The Balaban J connectivity index is 1.97. The van der Waals surface area contributed by atoms with E-state index in [1.54, 1.807) is 0 Å². The first-order valence-corrected chi connectivity index (χ1v) is 7.69. The van der Waals surface area contributed by atoms with Crippen molar-refractivity contribution in [3.8, 4) is 0 Å². The van der Waals surface area contributed by atoms with Gasteiger partial charge in [-0.3, -0.25) is 4.79 Å². The minimum Gasteiger partial charge on any atom is -0.349 e. The molecule has 110 valence electrons. The number of amides is 1. The van der Waals surface area contributed by atoms with Crippen LogP contribution >= 0.6 is 11.6 Å². The molecule has 1 aliphatic rings. The van der Waals surface area contributed by atoms with Crippen LogP contribution in [0.2, 0.25) is 5.02 Å². The summed E-state index contributed by atoms with van der Waals surface area (Å²) in [5.41, 5.74) is 1.16. The van der Waals surface area contributed by atoms with Gasteiger partial charge in [0.15, 0.2) is 0 Å². The van der Waals surface area contributed by atoms with E-state index in [4.69, 9.17) is 11.6 Å². The number of carbonyl (C=O) groups is 1. The van der Waals surface area contributed by atoms with Gasteiger partial charge in [-0.05, 0) is 56.0 Å². The second-order valence-electron chi connectivity index (χ2n) is 5.68. The molecule has 1 amide bonds. The molecule has 2 N–H and O–H groups in total. The average Bonchev–Trinajstić information content (AvgIpc) is 3.14. The van der Waals surface area contributed by atoms with E-state index in [1.807, 2.05) is 31.3 Å². The summed E-state index contributed by atoms with van der Waals surface area (Å²) < 4.78 is 0. The Kier molecular flexibility index (Phi) is 5.44. The molecule has 1 aliphatic carbocycles. The highest BCUT2D eigenvalue weighted by Gasteiger charge is 2.40. The molecule has 3 unspecified atom stereocenters. The van der Waals surface area contributed by atoms with Gasteiger partial charge in [0.25, 0.3) is 0 Å². The highest BCUT2D eigenvalue weighted by Crippen LogP contribution is 2.47. The molecule has 0 heterocycles. The lowest BCUT2D eigenvalue weighted by Gasteiger charge is -2.19. The fourth-order valence-corrected chi connectivity index (χ4v) is 2.72. The summed E-state index contributed by atoms with van der Waals surface area (Å²) in [4.78, 5) is 12.0. The molecule has 0 saturated heterocycles. The minimum atomic E-state index is 0.129. The first-order chi connectivity index (χ1) is 9.61. The Morgan fingerprint density at radius 1 is 1.40 bits per heavy atom. The zero-order chi connectivity index (χ0) is 14.5. The fourth-order valence-electron chi connectivity index (χ4n) is 2.59. The number of carbonyl (C=O) groups excluding carboxylic acids is 1. The average molecular weight is 295 g/mol. The fraction of sp³-hybridized carbons (Fsp3) is 0.562. The number of nitrogens with one attached hydrogen (secondary N) is 2. The van der Waals surface area contributed by atoms with Crippen LogP contribution in [0.5, 0.6) is 0 Å². The molecule has 0 aliphatic heterocycles. The van der Waals surface area contributed by atoms with Gasteiger partial charge in [-0.2, -0.15) is 0 Å². The Morgan fingerprint density at radius 2 is 2.05 bits per heavy atom. The van der Waals surface area contributed by atoms with Gasteiger partial charge in [-0.15, -0.1) is 0 Å². The topological polar surface area (TPSA) is 41.1 Å². The van der Waals surface area contributed by atoms with Crippen molar-refractivity contribution in [1.29, 1.82) is 0 Å². The Bertz CT molecular complexity index is 446. The smallest absolute Gasteiger partial charge is 0.220 e. The SMILES string of the molecule is CNCCCC(=O)NC(c1ccc(Cl)cc1)C1CC1C. The summed E-state index contributed by atoms with van der Waals surface area (Å²) in [7, 11) is 1.90. The van der Waals surface area contributed by atoms with Crippen molar-refractivity contribution in [3.05, 3.63) is 34.9 Å². The third-order valence-electron chi connectivity index (χ3n) is 3.98. The van der Waals surface area contributed by atoms with Crippen LogP contribution in [0.4, 0.5) is 0 Å². The van der Waals surface area contributed by atoms with Crippen LogP contribution in [-0.4, -0.2) is 19.5 Å². The summed E-state index contributed by atoms with van der Waals surface area (Å²) in [6, 6.07) is 7.95. The van der Waals surface area contributed by atoms with Crippen LogP contribution < -0.4 is 10.6 Å². The summed E-state index contributed by atoms with van der Waals surface area (Å²) in [5, 5.41) is 6.99. The lowest BCUT2D eigenvalue weighted by atomic mass is 10.0. The first-order valence-electron chi connectivity index (χ1n) is 7.31. The Morgan fingerprint density at radius 3 is 2.60 bits per heavy atom. The second kappa shape index (κ2) is 7.09. The molecule has 0 spiro atoms. The summed E-state index contributed by atoms with van der Waals surface area (Å²) >= 11 is 5.94. The molecule has 4 heteroatoms. The van der Waals surface area contributed by atoms with Crippen LogP contribution in [-0.2, 0) is 4.79 Å². The van der Waals surface area contributed by atoms with E-state index in [9.17, 15) is 4.79 Å². The maximum absolute atomic E-state index is 12.0. The highest BCUT2D eigenvalue weighted by molar-refractivity contribution is 6.30. The molecule has 0 bridgehead atoms. The molecule has 20 heavy (non-hydrogen) atoms. The normalized spacial score (nSPS) is 22.4. The van der Waals surface area contributed by atoms with E-state index in [0.29, 0.717) is 18.3 Å². The third kappa shape index (κ3) is 4.22. The van der Waals surface area contributed by atoms with Crippen molar-refractivity contribution in [2.45, 2.75) is 32.2 Å². The number of rotatable bonds is 7. The van der Waals surface area contributed by atoms with E-state index in [1.165, 1.54) is 6.42 Å². The maximum atomic E-state index is 12.0.